The second kappa shape index (κ2) is 5.50. The summed E-state index contributed by atoms with van der Waals surface area (Å²) < 4.78 is 5.25. The van der Waals surface area contributed by atoms with E-state index in [0.29, 0.717) is 11.3 Å². The van der Waals surface area contributed by atoms with Gasteiger partial charge in [0.05, 0.1) is 12.7 Å². The highest BCUT2D eigenvalue weighted by molar-refractivity contribution is 6.07. The van der Waals surface area contributed by atoms with E-state index in [4.69, 9.17) is 4.74 Å². The van der Waals surface area contributed by atoms with E-state index < -0.39 is 0 Å². The molecule has 16 heavy (non-hydrogen) atoms. The van der Waals surface area contributed by atoms with Crippen LogP contribution in [0.1, 0.15) is 34.8 Å². The first-order valence-corrected chi connectivity index (χ1v) is 5.46. The Kier molecular flexibility index (Phi) is 4.29. The molecule has 0 amide bonds. The summed E-state index contributed by atoms with van der Waals surface area (Å²) in [5, 5.41) is 0. The average Bonchev–Trinajstić information content (AvgIpc) is 2.24. The lowest BCUT2D eigenvalue weighted by Gasteiger charge is -2.10. The first-order valence-electron chi connectivity index (χ1n) is 5.46. The summed E-state index contributed by atoms with van der Waals surface area (Å²) in [5.41, 5.74) is 2.73. The molecule has 0 aliphatic heterocycles. The number of ketones is 1. The monoisotopic (exact) mass is 218 g/mol. The van der Waals surface area contributed by atoms with Crippen LogP contribution in [0.3, 0.4) is 0 Å². The fraction of sp³-hybridized carbons (Fsp3) is 0.357. The Morgan fingerprint density at radius 1 is 1.38 bits per heavy atom. The van der Waals surface area contributed by atoms with E-state index in [0.717, 1.165) is 17.5 Å². The smallest absolute Gasteiger partial charge is 0.189 e. The molecule has 0 saturated heterocycles. The third-order valence-electron chi connectivity index (χ3n) is 2.41. The van der Waals surface area contributed by atoms with Crippen molar-refractivity contribution in [1.82, 2.24) is 0 Å². The third-order valence-corrected chi connectivity index (χ3v) is 2.41. The molecule has 0 radical (unpaired) electrons. The fourth-order valence-electron chi connectivity index (χ4n) is 1.71. The molecule has 1 rings (SSSR count). The number of hydrogen-bond acceptors (Lipinski definition) is 2. The molecule has 0 atom stereocenters. The van der Waals surface area contributed by atoms with Gasteiger partial charge in [0.25, 0.3) is 0 Å². The third kappa shape index (κ3) is 2.72. The number of ether oxygens (including phenoxy) is 1. The molecule has 0 aliphatic carbocycles. The van der Waals surface area contributed by atoms with Gasteiger partial charge in [-0.1, -0.05) is 19.1 Å². The van der Waals surface area contributed by atoms with Gasteiger partial charge >= 0.3 is 0 Å². The second-order valence-electron chi connectivity index (χ2n) is 3.83. The number of carbonyl (C=O) groups is 1. The van der Waals surface area contributed by atoms with Gasteiger partial charge in [-0.2, -0.15) is 0 Å². The summed E-state index contributed by atoms with van der Waals surface area (Å²) in [5.74, 6) is 0.666. The number of benzene rings is 1. The van der Waals surface area contributed by atoms with Gasteiger partial charge in [-0.05, 0) is 43.5 Å². The molecule has 0 N–H and O–H groups in total. The minimum Gasteiger partial charge on any atom is -0.496 e. The van der Waals surface area contributed by atoms with Crippen molar-refractivity contribution >= 4 is 5.78 Å². The molecule has 1 aromatic rings. The summed E-state index contributed by atoms with van der Waals surface area (Å²) in [6.45, 7) is 5.93. The van der Waals surface area contributed by atoms with Crippen LogP contribution in [0.2, 0.25) is 0 Å². The zero-order chi connectivity index (χ0) is 12.1. The topological polar surface area (TPSA) is 26.3 Å². The predicted molar refractivity (Wildman–Crippen MR) is 66.2 cm³/mol. The highest BCUT2D eigenvalue weighted by Crippen LogP contribution is 2.24. The van der Waals surface area contributed by atoms with E-state index in [1.807, 2.05) is 39.0 Å². The molecular formula is C14H18O2. The predicted octanol–water partition coefficient (Wildman–Crippen LogP) is 3.46. The van der Waals surface area contributed by atoms with Crippen molar-refractivity contribution in [3.63, 3.8) is 0 Å². The number of carbonyl (C=O) groups excluding carboxylic acids is 1. The van der Waals surface area contributed by atoms with Gasteiger partial charge in [-0.15, -0.1) is 0 Å². The quantitative estimate of drug-likeness (QED) is 0.571. The Labute approximate surface area is 96.9 Å². The lowest BCUT2D eigenvalue weighted by Crippen LogP contribution is -2.02. The number of aryl methyl sites for hydroxylation is 2. The van der Waals surface area contributed by atoms with Crippen LogP contribution < -0.4 is 4.74 Å². The minimum atomic E-state index is 0.0104. The summed E-state index contributed by atoms with van der Waals surface area (Å²) in [7, 11) is 1.59. The molecule has 1 aromatic carbocycles. The fourth-order valence-corrected chi connectivity index (χ4v) is 1.71. The summed E-state index contributed by atoms with van der Waals surface area (Å²) in [6, 6.07) is 3.88. The molecule has 0 saturated carbocycles. The molecule has 2 nitrogen and oxygen atoms in total. The van der Waals surface area contributed by atoms with Crippen molar-refractivity contribution in [3.8, 4) is 5.75 Å². The summed E-state index contributed by atoms with van der Waals surface area (Å²) >= 11 is 0. The van der Waals surface area contributed by atoms with Crippen LogP contribution in [-0.2, 0) is 0 Å². The summed E-state index contributed by atoms with van der Waals surface area (Å²) in [6.07, 6.45) is 4.33. The molecular weight excluding hydrogens is 200 g/mol. The normalized spacial score (nSPS) is 10.8. The molecule has 0 spiro atoms. The van der Waals surface area contributed by atoms with Crippen LogP contribution in [-0.4, -0.2) is 12.9 Å². The van der Waals surface area contributed by atoms with Crippen LogP contribution >= 0.6 is 0 Å². The van der Waals surface area contributed by atoms with Crippen LogP contribution in [0.15, 0.2) is 24.3 Å². The molecule has 0 aliphatic rings. The van der Waals surface area contributed by atoms with Crippen LogP contribution in [0.5, 0.6) is 5.75 Å². The lowest BCUT2D eigenvalue weighted by molar-refractivity contribution is 0.104. The van der Waals surface area contributed by atoms with Gasteiger partial charge in [0.2, 0.25) is 0 Å². The highest BCUT2D eigenvalue weighted by Gasteiger charge is 2.13. The van der Waals surface area contributed by atoms with Gasteiger partial charge < -0.3 is 4.74 Å². The lowest BCUT2D eigenvalue weighted by atomic mass is 10.0. The van der Waals surface area contributed by atoms with E-state index in [9.17, 15) is 4.79 Å². The van der Waals surface area contributed by atoms with E-state index in [2.05, 4.69) is 0 Å². The molecule has 0 bridgehead atoms. The molecule has 86 valence electrons. The van der Waals surface area contributed by atoms with E-state index >= 15 is 0 Å². The minimum absolute atomic E-state index is 0.0104. The van der Waals surface area contributed by atoms with Crippen LogP contribution in [0.4, 0.5) is 0 Å². The van der Waals surface area contributed by atoms with Crippen molar-refractivity contribution in [2.75, 3.05) is 7.11 Å². The Bertz CT molecular complexity index is 417. The zero-order valence-electron chi connectivity index (χ0n) is 10.3. The number of rotatable bonds is 4. The van der Waals surface area contributed by atoms with E-state index in [-0.39, 0.29) is 5.78 Å². The zero-order valence-corrected chi connectivity index (χ0v) is 10.3. The second-order valence-corrected chi connectivity index (χ2v) is 3.83. The van der Waals surface area contributed by atoms with Gasteiger partial charge in [-0.25, -0.2) is 0 Å². The Morgan fingerprint density at radius 2 is 2.06 bits per heavy atom. The standard InChI is InChI=1S/C14H18O2/c1-5-6-7-12(15)14-11(3)8-10(2)9-13(14)16-4/h6-9H,5H2,1-4H3/b7-6+. The van der Waals surface area contributed by atoms with Crippen molar-refractivity contribution < 1.29 is 9.53 Å². The number of allylic oxidation sites excluding steroid dienone is 2. The maximum atomic E-state index is 11.9. The van der Waals surface area contributed by atoms with Crippen molar-refractivity contribution in [2.45, 2.75) is 27.2 Å². The van der Waals surface area contributed by atoms with Gasteiger partial charge in [0, 0.05) is 0 Å². The maximum Gasteiger partial charge on any atom is 0.189 e. The average molecular weight is 218 g/mol. The van der Waals surface area contributed by atoms with Crippen LogP contribution in [0.25, 0.3) is 0 Å². The molecule has 0 unspecified atom stereocenters. The van der Waals surface area contributed by atoms with Gasteiger partial charge in [-0.3, -0.25) is 4.79 Å². The highest BCUT2D eigenvalue weighted by atomic mass is 16.5. The molecule has 0 aromatic heterocycles. The summed E-state index contributed by atoms with van der Waals surface area (Å²) in [4.78, 5) is 11.9. The Morgan fingerprint density at radius 3 is 2.62 bits per heavy atom. The maximum absolute atomic E-state index is 11.9. The first-order chi connectivity index (χ1) is 7.60. The number of methoxy groups -OCH3 is 1. The molecule has 0 heterocycles. The first kappa shape index (κ1) is 12.5. The Balaban J connectivity index is 3.21. The number of hydrogen-bond donors (Lipinski definition) is 0. The molecule has 0 fully saturated rings. The van der Waals surface area contributed by atoms with E-state index in [1.54, 1.807) is 13.2 Å². The van der Waals surface area contributed by atoms with Gasteiger partial charge in [0.15, 0.2) is 5.78 Å². The van der Waals surface area contributed by atoms with Crippen molar-refractivity contribution in [1.29, 1.82) is 0 Å². The van der Waals surface area contributed by atoms with Crippen molar-refractivity contribution in [3.05, 3.63) is 41.0 Å². The van der Waals surface area contributed by atoms with Crippen molar-refractivity contribution in [2.24, 2.45) is 0 Å². The van der Waals surface area contributed by atoms with E-state index in [1.165, 1.54) is 0 Å². The largest absolute Gasteiger partial charge is 0.496 e. The Hall–Kier alpha value is -1.57. The SMILES string of the molecule is CC/C=C/C(=O)c1c(C)cc(C)cc1OC. The molecule has 2 heteroatoms. The van der Waals surface area contributed by atoms with Crippen LogP contribution in [0, 0.1) is 13.8 Å². The van der Waals surface area contributed by atoms with Gasteiger partial charge in [0.1, 0.15) is 5.75 Å².